The van der Waals surface area contributed by atoms with Crippen molar-refractivity contribution in [2.24, 2.45) is 0 Å². The Morgan fingerprint density at radius 1 is 1.06 bits per heavy atom. The number of carbonyl (C=O) groups excluding carboxylic acids is 1. The number of sulfonamides is 1. The predicted molar refractivity (Wildman–Crippen MR) is 140 cm³/mol. The molecule has 3 aromatic carbocycles. The quantitative estimate of drug-likeness (QED) is 0.246. The van der Waals surface area contributed by atoms with Crippen molar-refractivity contribution in [3.63, 3.8) is 0 Å². The van der Waals surface area contributed by atoms with Crippen LogP contribution in [0.3, 0.4) is 0 Å². The molecule has 35 heavy (non-hydrogen) atoms. The number of hydrogen-bond donors (Lipinski definition) is 1. The second-order valence-electron chi connectivity index (χ2n) is 7.27. The van der Waals surface area contributed by atoms with Crippen molar-refractivity contribution >= 4 is 56.7 Å². The third-order valence-corrected chi connectivity index (χ3v) is 8.78. The van der Waals surface area contributed by atoms with Gasteiger partial charge in [-0.25, -0.2) is 17.2 Å². The molecule has 1 amide bonds. The van der Waals surface area contributed by atoms with Crippen LogP contribution >= 0.6 is 35.1 Å². The van der Waals surface area contributed by atoms with Crippen LogP contribution in [0.15, 0.2) is 76.5 Å². The van der Waals surface area contributed by atoms with Gasteiger partial charge in [0, 0.05) is 33.5 Å². The van der Waals surface area contributed by atoms with Gasteiger partial charge in [0.25, 0.3) is 10.0 Å². The monoisotopic (exact) mass is 556 g/mol. The van der Waals surface area contributed by atoms with E-state index in [4.69, 9.17) is 11.6 Å². The Morgan fingerprint density at radius 2 is 1.77 bits per heavy atom. The zero-order valence-corrected chi connectivity index (χ0v) is 21.9. The number of anilines is 1. The molecular formula is C24H23ClF2N2O3S3. The van der Waals surface area contributed by atoms with Crippen LogP contribution < -0.4 is 9.62 Å². The van der Waals surface area contributed by atoms with E-state index in [1.807, 2.05) is 6.26 Å². The third kappa shape index (κ3) is 7.36. The molecule has 0 aliphatic rings. The average Bonchev–Trinajstić information content (AvgIpc) is 2.84. The minimum atomic E-state index is -4.14. The zero-order chi connectivity index (χ0) is 25.4. The number of nitrogens with zero attached hydrogens (tertiary/aromatic N) is 1. The predicted octanol–water partition coefficient (Wildman–Crippen LogP) is 5.59. The number of carbonyl (C=O) groups is 1. The van der Waals surface area contributed by atoms with E-state index in [2.05, 4.69) is 5.32 Å². The first-order valence-electron chi connectivity index (χ1n) is 10.4. The first-order valence-corrected chi connectivity index (χ1v) is 14.6. The highest BCUT2D eigenvalue weighted by Gasteiger charge is 2.27. The summed E-state index contributed by atoms with van der Waals surface area (Å²) in [6, 6.07) is 15.8. The molecule has 0 aliphatic carbocycles. The van der Waals surface area contributed by atoms with E-state index in [0.717, 1.165) is 15.3 Å². The van der Waals surface area contributed by atoms with Gasteiger partial charge < -0.3 is 5.32 Å². The lowest BCUT2D eigenvalue weighted by atomic mass is 10.2. The molecule has 0 heterocycles. The van der Waals surface area contributed by atoms with Crippen molar-refractivity contribution in [3.05, 3.63) is 89.0 Å². The molecule has 0 saturated heterocycles. The van der Waals surface area contributed by atoms with E-state index >= 15 is 0 Å². The van der Waals surface area contributed by atoms with Gasteiger partial charge in [0.05, 0.1) is 10.6 Å². The second-order valence-corrected chi connectivity index (χ2v) is 11.5. The second kappa shape index (κ2) is 12.6. The molecule has 0 aliphatic heterocycles. The van der Waals surface area contributed by atoms with Crippen molar-refractivity contribution < 1.29 is 22.0 Å². The Balaban J connectivity index is 1.66. The standard InChI is InChI=1S/C24H23ClF2N2O3S3/c1-33-19-8-10-20(11-9-19)35(31,32)29(18-5-2-4-17(26)14-18)15-24(30)28-12-13-34-16-21-22(25)6-3-7-23(21)27/h2-11,14H,12-13,15-16H2,1H3,(H,28,30). The first kappa shape index (κ1) is 27.3. The van der Waals surface area contributed by atoms with Gasteiger partial charge in [0.1, 0.15) is 18.2 Å². The molecule has 186 valence electrons. The smallest absolute Gasteiger partial charge is 0.264 e. The van der Waals surface area contributed by atoms with Gasteiger partial charge in [0.2, 0.25) is 5.91 Å². The lowest BCUT2D eigenvalue weighted by molar-refractivity contribution is -0.119. The van der Waals surface area contributed by atoms with Gasteiger partial charge in [-0.15, -0.1) is 11.8 Å². The van der Waals surface area contributed by atoms with Crippen LogP contribution in [-0.4, -0.2) is 39.4 Å². The van der Waals surface area contributed by atoms with Crippen LogP contribution in [0.1, 0.15) is 5.56 Å². The minimum Gasteiger partial charge on any atom is -0.354 e. The Labute approximate surface area is 217 Å². The highest BCUT2D eigenvalue weighted by Crippen LogP contribution is 2.26. The van der Waals surface area contributed by atoms with Gasteiger partial charge in [-0.1, -0.05) is 23.7 Å². The van der Waals surface area contributed by atoms with Crippen LogP contribution in [0.5, 0.6) is 0 Å². The van der Waals surface area contributed by atoms with E-state index in [0.29, 0.717) is 22.1 Å². The maximum absolute atomic E-state index is 13.9. The molecule has 0 spiro atoms. The molecule has 11 heteroatoms. The molecule has 5 nitrogen and oxygen atoms in total. The van der Waals surface area contributed by atoms with Gasteiger partial charge >= 0.3 is 0 Å². The normalized spacial score (nSPS) is 11.3. The summed E-state index contributed by atoms with van der Waals surface area (Å²) in [6.07, 6.45) is 1.87. The fourth-order valence-corrected chi connectivity index (χ4v) is 6.13. The summed E-state index contributed by atoms with van der Waals surface area (Å²) in [5.74, 6) is -0.779. The van der Waals surface area contributed by atoms with Crippen LogP contribution in [0.25, 0.3) is 0 Å². The minimum absolute atomic E-state index is 0.00955. The number of thioether (sulfide) groups is 2. The summed E-state index contributed by atoms with van der Waals surface area (Å²) in [6.45, 7) is -0.297. The summed E-state index contributed by atoms with van der Waals surface area (Å²) >= 11 is 8.86. The van der Waals surface area contributed by atoms with Crippen LogP contribution in [0.2, 0.25) is 5.02 Å². The number of halogens is 3. The highest BCUT2D eigenvalue weighted by molar-refractivity contribution is 7.98. The lowest BCUT2D eigenvalue weighted by Crippen LogP contribution is -2.41. The SMILES string of the molecule is CSc1ccc(S(=O)(=O)N(CC(=O)NCCSCc2c(F)cccc2Cl)c2cccc(F)c2)cc1. The molecule has 0 atom stereocenters. The van der Waals surface area contributed by atoms with Gasteiger partial charge in [0.15, 0.2) is 0 Å². The maximum atomic E-state index is 13.9. The molecule has 3 rings (SSSR count). The molecule has 0 saturated carbocycles. The molecule has 0 fully saturated rings. The van der Waals surface area contributed by atoms with Crippen molar-refractivity contribution in [2.45, 2.75) is 15.5 Å². The highest BCUT2D eigenvalue weighted by atomic mass is 35.5. The molecule has 0 unspecified atom stereocenters. The van der Waals surface area contributed by atoms with Crippen LogP contribution in [0, 0.1) is 11.6 Å². The Hall–Kier alpha value is -2.27. The summed E-state index contributed by atoms with van der Waals surface area (Å²) in [4.78, 5) is 13.5. The summed E-state index contributed by atoms with van der Waals surface area (Å²) < 4.78 is 55.3. The number of hydrogen-bond acceptors (Lipinski definition) is 5. The molecule has 0 aromatic heterocycles. The van der Waals surface area contributed by atoms with Crippen molar-refractivity contribution in [1.29, 1.82) is 0 Å². The number of amides is 1. The van der Waals surface area contributed by atoms with Crippen molar-refractivity contribution in [3.8, 4) is 0 Å². The van der Waals surface area contributed by atoms with E-state index < -0.39 is 34.1 Å². The number of rotatable bonds is 11. The summed E-state index contributed by atoms with van der Waals surface area (Å²) in [7, 11) is -4.14. The molecule has 3 aromatic rings. The molecule has 0 bridgehead atoms. The van der Waals surface area contributed by atoms with E-state index in [1.54, 1.807) is 18.2 Å². The Bertz CT molecular complexity index is 1260. The fourth-order valence-electron chi connectivity index (χ4n) is 3.11. The van der Waals surface area contributed by atoms with Crippen molar-refractivity contribution in [2.75, 3.05) is 29.4 Å². The molecular weight excluding hydrogens is 534 g/mol. The average molecular weight is 557 g/mol. The van der Waals surface area contributed by atoms with Crippen molar-refractivity contribution in [1.82, 2.24) is 5.32 Å². The van der Waals surface area contributed by atoms with Gasteiger partial charge in [-0.05, 0) is 60.9 Å². The number of benzene rings is 3. The summed E-state index contributed by atoms with van der Waals surface area (Å²) in [5, 5.41) is 3.00. The van der Waals surface area contributed by atoms with Crippen LogP contribution in [0.4, 0.5) is 14.5 Å². The fraction of sp³-hybridized carbons (Fsp3) is 0.208. The van der Waals surface area contributed by atoms with Gasteiger partial charge in [-0.2, -0.15) is 11.8 Å². The van der Waals surface area contributed by atoms with Crippen LogP contribution in [-0.2, 0) is 20.6 Å². The van der Waals surface area contributed by atoms with E-state index in [9.17, 15) is 22.0 Å². The third-order valence-electron chi connectivity index (χ3n) is 4.91. The first-order chi connectivity index (χ1) is 16.7. The molecule has 1 N–H and O–H groups in total. The topological polar surface area (TPSA) is 66.5 Å². The largest absolute Gasteiger partial charge is 0.354 e. The maximum Gasteiger partial charge on any atom is 0.264 e. The Kier molecular flexibility index (Phi) is 9.85. The number of nitrogens with one attached hydrogen (secondary N) is 1. The lowest BCUT2D eigenvalue weighted by Gasteiger charge is -2.24. The van der Waals surface area contributed by atoms with Gasteiger partial charge in [-0.3, -0.25) is 9.10 Å². The van der Waals surface area contributed by atoms with E-state index in [1.165, 1.54) is 66.0 Å². The van der Waals surface area contributed by atoms with E-state index in [-0.39, 0.29) is 17.1 Å². The molecule has 0 radical (unpaired) electrons. The zero-order valence-electron chi connectivity index (χ0n) is 18.7. The summed E-state index contributed by atoms with van der Waals surface area (Å²) in [5.41, 5.74) is 0.430. The Morgan fingerprint density at radius 3 is 2.43 bits per heavy atom.